The average Bonchev–Trinajstić information content (AvgIpc) is 3.36. The number of ether oxygens (including phenoxy) is 2. The monoisotopic (exact) mass is 985 g/mol. The van der Waals surface area contributed by atoms with Crippen molar-refractivity contribution in [2.75, 3.05) is 13.2 Å². The van der Waals surface area contributed by atoms with Crippen LogP contribution >= 0.6 is 0 Å². The van der Waals surface area contributed by atoms with Gasteiger partial charge in [-0.3, -0.25) is 9.59 Å². The van der Waals surface area contributed by atoms with E-state index in [9.17, 15) is 14.7 Å². The van der Waals surface area contributed by atoms with Crippen molar-refractivity contribution in [3.63, 3.8) is 0 Å². The van der Waals surface area contributed by atoms with Crippen molar-refractivity contribution in [2.45, 2.75) is 367 Å². The molecule has 70 heavy (non-hydrogen) atoms. The fourth-order valence-electron chi connectivity index (χ4n) is 9.94. The van der Waals surface area contributed by atoms with Gasteiger partial charge in [0.05, 0.1) is 6.61 Å². The van der Waals surface area contributed by atoms with Gasteiger partial charge in [-0.15, -0.1) is 0 Å². The van der Waals surface area contributed by atoms with Crippen LogP contribution in [0.2, 0.25) is 0 Å². The van der Waals surface area contributed by atoms with E-state index >= 15 is 0 Å². The highest BCUT2D eigenvalue weighted by Crippen LogP contribution is 2.19. The number of carbonyl (C=O) groups is 2. The molecule has 0 amide bonds. The number of aliphatic hydroxyl groups excluding tert-OH is 1. The van der Waals surface area contributed by atoms with Crippen LogP contribution in [0, 0.1) is 0 Å². The first-order chi connectivity index (χ1) is 34.6. The molecule has 0 aliphatic rings. The SMILES string of the molecule is CCCCCC/C=C\C/C=C\CCCCCCCCCC(=O)OC(CO)COC(=O)CCCCCCCCCCCCCCCCCCCCCCCCCCCCCCCCCCCCCCCC. The number of rotatable bonds is 60. The van der Waals surface area contributed by atoms with Crippen LogP contribution in [0.5, 0.6) is 0 Å². The predicted octanol–water partition coefficient (Wildman–Crippen LogP) is 21.7. The Morgan fingerprint density at radius 1 is 0.329 bits per heavy atom. The maximum Gasteiger partial charge on any atom is 0.306 e. The number of unbranched alkanes of at least 4 members (excludes halogenated alkanes) is 48. The highest BCUT2D eigenvalue weighted by Gasteiger charge is 2.16. The molecule has 0 heterocycles. The van der Waals surface area contributed by atoms with Gasteiger partial charge in [0.2, 0.25) is 0 Å². The largest absolute Gasteiger partial charge is 0.462 e. The molecule has 0 saturated carbocycles. The van der Waals surface area contributed by atoms with Crippen LogP contribution in [-0.4, -0.2) is 36.4 Å². The fourth-order valence-corrected chi connectivity index (χ4v) is 9.94. The summed E-state index contributed by atoms with van der Waals surface area (Å²) in [7, 11) is 0. The zero-order valence-corrected chi connectivity index (χ0v) is 47.6. The minimum Gasteiger partial charge on any atom is -0.462 e. The topological polar surface area (TPSA) is 72.8 Å². The Labute approximate surface area is 438 Å². The molecule has 1 atom stereocenters. The number of esters is 2. The lowest BCUT2D eigenvalue weighted by atomic mass is 10.0. The molecule has 0 aromatic rings. The van der Waals surface area contributed by atoms with Gasteiger partial charge in [-0.1, -0.05) is 327 Å². The summed E-state index contributed by atoms with van der Waals surface area (Å²) in [6.45, 7) is 4.17. The molecule has 414 valence electrons. The molecule has 0 radical (unpaired) electrons. The molecule has 5 heteroatoms. The molecule has 0 aliphatic heterocycles. The number of allylic oxidation sites excluding steroid dienone is 4. The third kappa shape index (κ3) is 58.9. The molecule has 0 aliphatic carbocycles. The Morgan fingerprint density at radius 3 is 0.857 bits per heavy atom. The lowest BCUT2D eigenvalue weighted by Crippen LogP contribution is -2.28. The molecule has 0 aromatic carbocycles. The lowest BCUT2D eigenvalue weighted by Gasteiger charge is -2.15. The molecule has 0 spiro atoms. The zero-order valence-electron chi connectivity index (χ0n) is 47.6. The Balaban J connectivity index is 3.35. The van der Waals surface area contributed by atoms with Crippen LogP contribution in [0.25, 0.3) is 0 Å². The van der Waals surface area contributed by atoms with Gasteiger partial charge in [-0.2, -0.15) is 0 Å². The Bertz CT molecular complexity index is 1070. The predicted molar refractivity (Wildman–Crippen MR) is 307 cm³/mol. The van der Waals surface area contributed by atoms with E-state index in [1.807, 2.05) is 0 Å². The normalized spacial score (nSPS) is 12.2. The molecule has 0 saturated heterocycles. The van der Waals surface area contributed by atoms with Gasteiger partial charge < -0.3 is 14.6 Å². The van der Waals surface area contributed by atoms with Gasteiger partial charge in [0, 0.05) is 12.8 Å². The minimum atomic E-state index is -0.773. The molecule has 1 unspecified atom stereocenters. The van der Waals surface area contributed by atoms with Crippen LogP contribution in [-0.2, 0) is 19.1 Å². The third-order valence-electron chi connectivity index (χ3n) is 14.7. The molecular formula is C65H124O5. The summed E-state index contributed by atoms with van der Waals surface area (Å²) in [5.74, 6) is -0.581. The van der Waals surface area contributed by atoms with Crippen LogP contribution in [0.1, 0.15) is 361 Å². The summed E-state index contributed by atoms with van der Waals surface area (Å²) in [4.78, 5) is 24.5. The second-order valence-electron chi connectivity index (χ2n) is 21.9. The fraction of sp³-hybridized carbons (Fsp3) is 0.908. The van der Waals surface area contributed by atoms with Crippen LogP contribution in [0.4, 0.5) is 0 Å². The highest BCUT2D eigenvalue weighted by molar-refractivity contribution is 5.70. The number of hydrogen-bond donors (Lipinski definition) is 1. The smallest absolute Gasteiger partial charge is 0.306 e. The van der Waals surface area contributed by atoms with Crippen molar-refractivity contribution >= 4 is 11.9 Å². The van der Waals surface area contributed by atoms with E-state index in [0.29, 0.717) is 12.8 Å². The standard InChI is InChI=1S/C65H124O5/c1-3-5-7-9-11-13-15-17-19-21-23-24-25-26-27-28-29-30-31-32-33-34-35-36-37-38-39-40-41-42-44-45-47-49-51-53-55-57-59-64(67)69-62-63(61-66)70-65(68)60-58-56-54-52-50-48-46-43-22-20-18-16-14-12-10-8-6-4-2/h14,16,20,22,63,66H,3-13,15,17-19,21,23-62H2,1-2H3/b16-14-,22-20-. The Hall–Kier alpha value is -1.62. The van der Waals surface area contributed by atoms with Crippen LogP contribution in [0.3, 0.4) is 0 Å². The van der Waals surface area contributed by atoms with Gasteiger partial charge >= 0.3 is 11.9 Å². The van der Waals surface area contributed by atoms with Crippen LogP contribution < -0.4 is 0 Å². The maximum absolute atomic E-state index is 12.3. The molecule has 0 bridgehead atoms. The van der Waals surface area contributed by atoms with Gasteiger partial charge in [0.1, 0.15) is 6.61 Å². The molecule has 0 rings (SSSR count). The van der Waals surface area contributed by atoms with E-state index in [1.165, 1.54) is 289 Å². The second-order valence-corrected chi connectivity index (χ2v) is 21.9. The third-order valence-corrected chi connectivity index (χ3v) is 14.7. The molecule has 1 N–H and O–H groups in total. The van der Waals surface area contributed by atoms with E-state index in [2.05, 4.69) is 38.2 Å². The Kier molecular flexibility index (Phi) is 60.3. The summed E-state index contributed by atoms with van der Waals surface area (Å²) in [6, 6.07) is 0. The lowest BCUT2D eigenvalue weighted by molar-refractivity contribution is -0.161. The van der Waals surface area contributed by atoms with Crippen molar-refractivity contribution in [2.24, 2.45) is 0 Å². The molecule has 0 aromatic heterocycles. The molecule has 5 nitrogen and oxygen atoms in total. The summed E-state index contributed by atoms with van der Waals surface area (Å²) < 4.78 is 10.7. The summed E-state index contributed by atoms with van der Waals surface area (Å²) >= 11 is 0. The second kappa shape index (κ2) is 61.7. The van der Waals surface area contributed by atoms with Gasteiger partial charge in [-0.25, -0.2) is 0 Å². The van der Waals surface area contributed by atoms with Gasteiger partial charge in [-0.05, 0) is 44.9 Å². The summed E-state index contributed by atoms with van der Waals surface area (Å²) in [5.41, 5.74) is 0. The maximum atomic E-state index is 12.3. The first-order valence-corrected chi connectivity index (χ1v) is 31.9. The van der Waals surface area contributed by atoms with Crippen molar-refractivity contribution in [1.29, 1.82) is 0 Å². The first-order valence-electron chi connectivity index (χ1n) is 31.9. The highest BCUT2D eigenvalue weighted by atomic mass is 16.6. The van der Waals surface area contributed by atoms with E-state index in [4.69, 9.17) is 9.47 Å². The van der Waals surface area contributed by atoms with Crippen molar-refractivity contribution in [1.82, 2.24) is 0 Å². The van der Waals surface area contributed by atoms with E-state index < -0.39 is 6.10 Å². The Morgan fingerprint density at radius 2 is 0.571 bits per heavy atom. The zero-order chi connectivity index (χ0) is 50.6. The van der Waals surface area contributed by atoms with Crippen molar-refractivity contribution in [3.8, 4) is 0 Å². The van der Waals surface area contributed by atoms with Crippen LogP contribution in [0.15, 0.2) is 24.3 Å². The van der Waals surface area contributed by atoms with Crippen molar-refractivity contribution < 1.29 is 24.2 Å². The summed E-state index contributed by atoms with van der Waals surface area (Å²) in [6.07, 6.45) is 79.2. The average molecular weight is 986 g/mol. The van der Waals surface area contributed by atoms with E-state index in [0.717, 1.165) is 44.9 Å². The number of carbonyl (C=O) groups excluding carboxylic acids is 2. The quantitative estimate of drug-likeness (QED) is 0.0373. The van der Waals surface area contributed by atoms with Crippen molar-refractivity contribution in [3.05, 3.63) is 24.3 Å². The first kappa shape index (κ1) is 68.4. The number of hydrogen-bond acceptors (Lipinski definition) is 5. The number of aliphatic hydroxyl groups is 1. The molecule has 0 fully saturated rings. The van der Waals surface area contributed by atoms with E-state index in [-0.39, 0.29) is 25.2 Å². The van der Waals surface area contributed by atoms with Gasteiger partial charge in [0.25, 0.3) is 0 Å². The summed E-state index contributed by atoms with van der Waals surface area (Å²) in [5, 5.41) is 9.65. The van der Waals surface area contributed by atoms with Gasteiger partial charge in [0.15, 0.2) is 6.10 Å². The van der Waals surface area contributed by atoms with E-state index in [1.54, 1.807) is 0 Å². The molecular weight excluding hydrogens is 861 g/mol. The minimum absolute atomic E-state index is 0.0637.